The van der Waals surface area contributed by atoms with E-state index in [9.17, 15) is 13.2 Å². The van der Waals surface area contributed by atoms with Gasteiger partial charge < -0.3 is 10.1 Å². The Morgan fingerprint density at radius 2 is 2.10 bits per heavy atom. The van der Waals surface area contributed by atoms with Gasteiger partial charge in [-0.15, -0.1) is 0 Å². The normalized spacial score (nSPS) is 30.1. The molecule has 1 aliphatic heterocycles. The van der Waals surface area contributed by atoms with Gasteiger partial charge in [0.25, 0.3) is 0 Å². The number of ether oxygens (including phenoxy) is 1. The summed E-state index contributed by atoms with van der Waals surface area (Å²) in [6.45, 7) is 0.754. The van der Waals surface area contributed by atoms with Gasteiger partial charge in [-0.2, -0.15) is 13.2 Å². The Morgan fingerprint density at radius 1 is 1.25 bits per heavy atom. The minimum atomic E-state index is -4.33. The third-order valence-corrected chi connectivity index (χ3v) is 4.20. The Labute approximate surface area is 115 Å². The summed E-state index contributed by atoms with van der Waals surface area (Å²) in [5.41, 5.74) is -0.662. The number of hydrogen-bond donors (Lipinski definition) is 1. The molecule has 2 heterocycles. The molecule has 0 spiro atoms. The van der Waals surface area contributed by atoms with Gasteiger partial charge in [-0.25, -0.2) is 4.98 Å². The lowest BCUT2D eigenvalue weighted by molar-refractivity contribution is -0.137. The number of pyridine rings is 1. The van der Waals surface area contributed by atoms with Crippen LogP contribution in [-0.2, 0) is 10.9 Å². The van der Waals surface area contributed by atoms with E-state index in [0.29, 0.717) is 11.7 Å². The molecule has 20 heavy (non-hydrogen) atoms. The van der Waals surface area contributed by atoms with Gasteiger partial charge in [0.15, 0.2) is 0 Å². The molecular weight excluding hydrogens is 269 g/mol. The van der Waals surface area contributed by atoms with Crippen LogP contribution in [0.15, 0.2) is 18.3 Å². The largest absolute Gasteiger partial charge is 0.416 e. The molecule has 0 amide bonds. The van der Waals surface area contributed by atoms with Crippen LogP contribution in [0.2, 0.25) is 0 Å². The highest BCUT2D eigenvalue weighted by Crippen LogP contribution is 2.36. The second kappa shape index (κ2) is 5.24. The SMILES string of the molecule is FC(F)(F)c1ccnc(NC2CCCC3OCCC23)c1. The average Bonchev–Trinajstić information content (AvgIpc) is 2.87. The molecule has 1 N–H and O–H groups in total. The van der Waals surface area contributed by atoms with E-state index in [0.717, 1.165) is 44.4 Å². The standard InChI is InChI=1S/C14H17F3N2O/c15-14(16,17)9-4-6-18-13(8-9)19-11-2-1-3-12-10(11)5-7-20-12/h4,6,8,10-12H,1-3,5,7H2,(H,18,19). The van der Waals surface area contributed by atoms with Crippen molar-refractivity contribution in [3.63, 3.8) is 0 Å². The van der Waals surface area contributed by atoms with E-state index < -0.39 is 11.7 Å². The van der Waals surface area contributed by atoms with Crippen molar-refractivity contribution in [2.45, 2.75) is 44.0 Å². The number of anilines is 1. The summed E-state index contributed by atoms with van der Waals surface area (Å²) in [4.78, 5) is 4.01. The second-order valence-corrected chi connectivity index (χ2v) is 5.47. The molecule has 0 aromatic carbocycles. The molecule has 2 fully saturated rings. The van der Waals surface area contributed by atoms with Gasteiger partial charge in [0, 0.05) is 24.8 Å². The van der Waals surface area contributed by atoms with Crippen molar-refractivity contribution in [3.05, 3.63) is 23.9 Å². The van der Waals surface area contributed by atoms with E-state index in [1.807, 2.05) is 0 Å². The fourth-order valence-corrected chi connectivity index (χ4v) is 3.23. The van der Waals surface area contributed by atoms with E-state index in [1.54, 1.807) is 0 Å². The quantitative estimate of drug-likeness (QED) is 0.904. The first-order chi connectivity index (χ1) is 9.54. The molecule has 3 nitrogen and oxygen atoms in total. The van der Waals surface area contributed by atoms with E-state index in [-0.39, 0.29) is 12.1 Å². The number of hydrogen-bond acceptors (Lipinski definition) is 3. The minimum Gasteiger partial charge on any atom is -0.378 e. The van der Waals surface area contributed by atoms with Crippen LogP contribution in [0.1, 0.15) is 31.2 Å². The van der Waals surface area contributed by atoms with Crippen molar-refractivity contribution in [2.24, 2.45) is 5.92 Å². The lowest BCUT2D eigenvalue weighted by atomic mass is 9.82. The van der Waals surface area contributed by atoms with Crippen LogP contribution in [0.4, 0.5) is 19.0 Å². The number of fused-ring (bicyclic) bond motifs is 1. The van der Waals surface area contributed by atoms with Crippen LogP contribution in [0.25, 0.3) is 0 Å². The maximum Gasteiger partial charge on any atom is 0.416 e. The van der Waals surface area contributed by atoms with Crippen molar-refractivity contribution in [2.75, 3.05) is 11.9 Å². The second-order valence-electron chi connectivity index (χ2n) is 5.47. The summed E-state index contributed by atoms with van der Waals surface area (Å²) >= 11 is 0. The Bertz CT molecular complexity index is 478. The summed E-state index contributed by atoms with van der Waals surface area (Å²) < 4.78 is 43.7. The highest BCUT2D eigenvalue weighted by atomic mass is 19.4. The molecule has 110 valence electrons. The zero-order valence-corrected chi connectivity index (χ0v) is 11.0. The molecule has 3 unspecified atom stereocenters. The van der Waals surface area contributed by atoms with Crippen molar-refractivity contribution in [1.29, 1.82) is 0 Å². The minimum absolute atomic E-state index is 0.159. The van der Waals surface area contributed by atoms with E-state index >= 15 is 0 Å². The van der Waals surface area contributed by atoms with Crippen molar-refractivity contribution >= 4 is 5.82 Å². The lowest BCUT2D eigenvalue weighted by Gasteiger charge is -2.33. The first kappa shape index (κ1) is 13.7. The van der Waals surface area contributed by atoms with Gasteiger partial charge in [0.05, 0.1) is 11.7 Å². The van der Waals surface area contributed by atoms with Crippen LogP contribution in [0.3, 0.4) is 0 Å². The summed E-state index contributed by atoms with van der Waals surface area (Å²) in [5.74, 6) is 0.692. The van der Waals surface area contributed by atoms with Crippen LogP contribution in [-0.4, -0.2) is 23.7 Å². The molecule has 6 heteroatoms. The first-order valence-corrected chi connectivity index (χ1v) is 6.95. The number of nitrogens with zero attached hydrogens (tertiary/aromatic N) is 1. The zero-order valence-electron chi connectivity index (χ0n) is 11.0. The molecule has 1 aromatic heterocycles. The summed E-state index contributed by atoms with van der Waals surface area (Å²) in [6, 6.07) is 2.24. The van der Waals surface area contributed by atoms with Crippen molar-refractivity contribution in [3.8, 4) is 0 Å². The van der Waals surface area contributed by atoms with Gasteiger partial charge in [0.2, 0.25) is 0 Å². The number of rotatable bonds is 2. The summed E-state index contributed by atoms with van der Waals surface area (Å²) in [6.07, 6.45) is 1.16. The van der Waals surface area contributed by atoms with Crippen LogP contribution >= 0.6 is 0 Å². The van der Waals surface area contributed by atoms with Crippen LogP contribution < -0.4 is 5.32 Å². The monoisotopic (exact) mass is 286 g/mol. The molecule has 3 atom stereocenters. The predicted molar refractivity (Wildman–Crippen MR) is 68.3 cm³/mol. The van der Waals surface area contributed by atoms with E-state index in [2.05, 4.69) is 10.3 Å². The van der Waals surface area contributed by atoms with Gasteiger partial charge in [-0.05, 0) is 37.8 Å². The van der Waals surface area contributed by atoms with Crippen LogP contribution in [0, 0.1) is 5.92 Å². The molecule has 1 aliphatic carbocycles. The van der Waals surface area contributed by atoms with Gasteiger partial charge in [0.1, 0.15) is 5.82 Å². The molecule has 0 radical (unpaired) electrons. The number of alkyl halides is 3. The number of nitrogens with one attached hydrogen (secondary N) is 1. The Hall–Kier alpha value is -1.30. The Morgan fingerprint density at radius 3 is 2.90 bits per heavy atom. The molecule has 1 saturated carbocycles. The van der Waals surface area contributed by atoms with Gasteiger partial charge >= 0.3 is 6.18 Å². The highest BCUT2D eigenvalue weighted by molar-refractivity contribution is 5.40. The third-order valence-electron chi connectivity index (χ3n) is 4.20. The Balaban J connectivity index is 1.74. The maximum absolute atomic E-state index is 12.7. The molecular formula is C14H17F3N2O. The van der Waals surface area contributed by atoms with E-state index in [1.165, 1.54) is 6.20 Å². The predicted octanol–water partition coefficient (Wildman–Crippen LogP) is 3.47. The number of halogens is 3. The molecule has 1 saturated heterocycles. The van der Waals surface area contributed by atoms with Gasteiger partial charge in [-0.1, -0.05) is 0 Å². The topological polar surface area (TPSA) is 34.2 Å². The average molecular weight is 286 g/mol. The Kier molecular flexibility index (Phi) is 3.58. The summed E-state index contributed by atoms with van der Waals surface area (Å²) in [5, 5.41) is 3.17. The molecule has 2 aliphatic rings. The lowest BCUT2D eigenvalue weighted by Crippen LogP contribution is -2.38. The zero-order chi connectivity index (χ0) is 14.2. The fraction of sp³-hybridized carbons (Fsp3) is 0.643. The first-order valence-electron chi connectivity index (χ1n) is 6.95. The van der Waals surface area contributed by atoms with Crippen LogP contribution in [0.5, 0.6) is 0 Å². The van der Waals surface area contributed by atoms with E-state index in [4.69, 9.17) is 4.74 Å². The van der Waals surface area contributed by atoms with Crippen molar-refractivity contribution in [1.82, 2.24) is 4.98 Å². The third kappa shape index (κ3) is 2.75. The molecule has 1 aromatic rings. The fourth-order valence-electron chi connectivity index (χ4n) is 3.23. The maximum atomic E-state index is 12.7. The molecule has 3 rings (SSSR count). The van der Waals surface area contributed by atoms with Crippen molar-refractivity contribution < 1.29 is 17.9 Å². The summed E-state index contributed by atoms with van der Waals surface area (Å²) in [7, 11) is 0. The molecule has 0 bridgehead atoms. The highest BCUT2D eigenvalue weighted by Gasteiger charge is 2.38. The number of aromatic nitrogens is 1. The van der Waals surface area contributed by atoms with Gasteiger partial charge in [-0.3, -0.25) is 0 Å². The smallest absolute Gasteiger partial charge is 0.378 e.